The lowest BCUT2D eigenvalue weighted by Crippen LogP contribution is -2.61. The Morgan fingerprint density at radius 1 is 1.16 bits per heavy atom. The summed E-state index contributed by atoms with van der Waals surface area (Å²) in [6.45, 7) is 7.00. The number of thioether (sulfide) groups is 1. The molecule has 0 amide bonds. The van der Waals surface area contributed by atoms with Gasteiger partial charge in [0.05, 0.1) is 6.20 Å². The van der Waals surface area contributed by atoms with Crippen LogP contribution in [0, 0.1) is 0 Å². The number of aliphatic carboxylic acids is 2. The van der Waals surface area contributed by atoms with Crippen LogP contribution in [0.15, 0.2) is 24.5 Å². The highest BCUT2D eigenvalue weighted by atomic mass is 32.2. The fraction of sp³-hybridized carbons (Fsp3) is 0.611. The number of nitrogens with zero attached hydrogens (tertiary/aromatic N) is 2. The summed E-state index contributed by atoms with van der Waals surface area (Å²) in [5.74, 6) is -3.50. The summed E-state index contributed by atoms with van der Waals surface area (Å²) in [5, 5.41) is 14.2. The van der Waals surface area contributed by atoms with E-state index in [2.05, 4.69) is 35.5 Å². The molecule has 0 bridgehead atoms. The summed E-state index contributed by atoms with van der Waals surface area (Å²) in [6, 6.07) is 4.59. The molecule has 3 rings (SSSR count). The van der Waals surface area contributed by atoms with E-state index in [1.54, 1.807) is 12.4 Å². The Balaban J connectivity index is 0.000000305. The summed E-state index contributed by atoms with van der Waals surface area (Å²) < 4.78 is 69.9. The summed E-state index contributed by atoms with van der Waals surface area (Å²) in [4.78, 5) is 24.4. The molecule has 2 N–H and O–H groups in total. The lowest BCUT2D eigenvalue weighted by atomic mass is 9.92. The van der Waals surface area contributed by atoms with Gasteiger partial charge in [-0.15, -0.1) is 11.8 Å². The molecule has 1 atom stereocenters. The Morgan fingerprint density at radius 3 is 2.03 bits per heavy atom. The van der Waals surface area contributed by atoms with Crippen LogP contribution >= 0.6 is 11.8 Å². The molecule has 1 spiro atoms. The zero-order valence-corrected chi connectivity index (χ0v) is 17.8. The quantitative estimate of drug-likeness (QED) is 0.617. The van der Waals surface area contributed by atoms with Gasteiger partial charge < -0.3 is 14.9 Å². The molecular weight excluding hydrogens is 470 g/mol. The molecule has 0 radical (unpaired) electrons. The number of carbonyl (C=O) groups is 2. The van der Waals surface area contributed by atoms with E-state index in [0.717, 1.165) is 11.5 Å². The van der Waals surface area contributed by atoms with Crippen LogP contribution in [0.3, 0.4) is 0 Å². The van der Waals surface area contributed by atoms with Crippen molar-refractivity contribution < 1.29 is 50.9 Å². The molecule has 7 nitrogen and oxygen atoms in total. The van der Waals surface area contributed by atoms with Crippen LogP contribution in [0.4, 0.5) is 26.3 Å². The van der Waals surface area contributed by atoms with E-state index in [0.29, 0.717) is 16.9 Å². The zero-order valence-electron chi connectivity index (χ0n) is 17.0. The minimum atomic E-state index is -5.08. The first kappa shape index (κ1) is 27.8. The van der Waals surface area contributed by atoms with Gasteiger partial charge in [0.1, 0.15) is 11.9 Å². The number of aromatic nitrogens is 1. The minimum absolute atomic E-state index is 0.355. The normalized spacial score (nSPS) is 19.8. The Bertz CT molecular complexity index is 730. The van der Waals surface area contributed by atoms with Gasteiger partial charge in [-0.25, -0.2) is 9.59 Å². The molecule has 0 saturated carbocycles. The van der Waals surface area contributed by atoms with Crippen molar-refractivity contribution in [2.45, 2.75) is 49.5 Å². The maximum absolute atomic E-state index is 10.6. The first-order valence-corrected chi connectivity index (χ1v) is 10.1. The van der Waals surface area contributed by atoms with Crippen LogP contribution in [0.1, 0.15) is 20.3 Å². The smallest absolute Gasteiger partial charge is 0.488 e. The van der Waals surface area contributed by atoms with E-state index in [9.17, 15) is 26.3 Å². The van der Waals surface area contributed by atoms with Crippen molar-refractivity contribution in [3.63, 3.8) is 0 Å². The minimum Gasteiger partial charge on any atom is -0.488 e. The third-order valence-electron chi connectivity index (χ3n) is 4.31. The first-order valence-electron chi connectivity index (χ1n) is 9.10. The number of carboxylic acid groups (broad SMARTS) is 2. The average Bonchev–Trinajstić information content (AvgIpc) is 3.05. The van der Waals surface area contributed by atoms with Crippen molar-refractivity contribution >= 4 is 23.7 Å². The number of alkyl halides is 6. The molecule has 3 heterocycles. The van der Waals surface area contributed by atoms with Gasteiger partial charge in [0, 0.05) is 42.2 Å². The molecule has 1 aromatic heterocycles. The van der Waals surface area contributed by atoms with Crippen molar-refractivity contribution in [1.82, 2.24) is 9.88 Å². The van der Waals surface area contributed by atoms with Gasteiger partial charge >= 0.3 is 24.3 Å². The summed E-state index contributed by atoms with van der Waals surface area (Å²) in [7, 11) is 0. The number of rotatable bonds is 3. The number of hydrogen-bond donors (Lipinski definition) is 2. The predicted molar refractivity (Wildman–Crippen MR) is 103 cm³/mol. The van der Waals surface area contributed by atoms with Gasteiger partial charge in [-0.3, -0.25) is 9.88 Å². The second-order valence-corrected chi connectivity index (χ2v) is 8.72. The van der Waals surface area contributed by atoms with Crippen molar-refractivity contribution in [1.29, 1.82) is 0 Å². The van der Waals surface area contributed by atoms with Gasteiger partial charge in [0.15, 0.2) is 0 Å². The molecule has 0 aromatic carbocycles. The molecule has 2 fully saturated rings. The lowest BCUT2D eigenvalue weighted by molar-refractivity contribution is -0.193. The predicted octanol–water partition coefficient (Wildman–Crippen LogP) is 3.70. The Kier molecular flexibility index (Phi) is 9.63. The van der Waals surface area contributed by atoms with E-state index >= 15 is 0 Å². The van der Waals surface area contributed by atoms with Crippen LogP contribution in [0.5, 0.6) is 5.75 Å². The van der Waals surface area contributed by atoms with Gasteiger partial charge in [-0.05, 0) is 26.0 Å². The number of likely N-dealkylation sites (tertiary alicyclic amines) is 1. The van der Waals surface area contributed by atoms with Crippen LogP contribution in [0.2, 0.25) is 0 Å². The summed E-state index contributed by atoms with van der Waals surface area (Å²) in [5.41, 5.74) is 0. The SMILES string of the molecule is CC(C)N1CC2(CC(Oc3cccnc3)CS2)C1.O=C(O)C(F)(F)F.O=C(O)C(F)(F)F. The van der Waals surface area contributed by atoms with Crippen LogP contribution in [-0.4, -0.2) is 80.1 Å². The van der Waals surface area contributed by atoms with Crippen LogP contribution in [-0.2, 0) is 9.59 Å². The fourth-order valence-electron chi connectivity index (χ4n) is 2.77. The second-order valence-electron chi connectivity index (χ2n) is 7.23. The third kappa shape index (κ3) is 9.10. The number of pyridine rings is 1. The van der Waals surface area contributed by atoms with E-state index in [1.807, 2.05) is 12.1 Å². The highest BCUT2D eigenvalue weighted by Gasteiger charge is 2.50. The summed E-state index contributed by atoms with van der Waals surface area (Å²) >= 11 is 2.09. The molecule has 32 heavy (non-hydrogen) atoms. The van der Waals surface area contributed by atoms with Crippen molar-refractivity contribution in [3.8, 4) is 5.75 Å². The van der Waals surface area contributed by atoms with Gasteiger partial charge in [-0.1, -0.05) is 0 Å². The van der Waals surface area contributed by atoms with Crippen LogP contribution < -0.4 is 4.74 Å². The van der Waals surface area contributed by atoms with Crippen molar-refractivity contribution in [3.05, 3.63) is 24.5 Å². The van der Waals surface area contributed by atoms with E-state index in [-0.39, 0.29) is 0 Å². The Labute approximate surface area is 183 Å². The lowest BCUT2D eigenvalue weighted by Gasteiger charge is -2.49. The zero-order chi connectivity index (χ0) is 24.7. The van der Waals surface area contributed by atoms with E-state index < -0.39 is 24.3 Å². The summed E-state index contributed by atoms with van der Waals surface area (Å²) in [6.07, 6.45) is -5.05. The number of hydrogen-bond acceptors (Lipinski definition) is 6. The Hall–Kier alpha value is -2.22. The highest BCUT2D eigenvalue weighted by molar-refractivity contribution is 8.01. The van der Waals surface area contributed by atoms with Crippen molar-refractivity contribution in [2.75, 3.05) is 18.8 Å². The molecule has 1 aromatic rings. The van der Waals surface area contributed by atoms with E-state index in [1.165, 1.54) is 19.5 Å². The molecule has 2 aliphatic heterocycles. The monoisotopic (exact) mass is 492 g/mol. The molecule has 0 aliphatic carbocycles. The molecule has 14 heteroatoms. The first-order chi connectivity index (χ1) is 14.6. The fourth-order valence-corrected chi connectivity index (χ4v) is 4.31. The third-order valence-corrected chi connectivity index (χ3v) is 5.89. The average molecular weight is 492 g/mol. The topological polar surface area (TPSA) is 100.0 Å². The second kappa shape index (κ2) is 11.1. The molecule has 182 valence electrons. The van der Waals surface area contributed by atoms with Gasteiger partial charge in [-0.2, -0.15) is 26.3 Å². The van der Waals surface area contributed by atoms with E-state index in [4.69, 9.17) is 24.5 Å². The number of carboxylic acids is 2. The van der Waals surface area contributed by atoms with Gasteiger partial charge in [0.25, 0.3) is 0 Å². The largest absolute Gasteiger partial charge is 0.490 e. The molecular formula is C18H22F6N2O5S. The Morgan fingerprint density at radius 2 is 1.66 bits per heavy atom. The standard InChI is InChI=1S/C14H20N2OS.2C2HF3O2/c1-11(2)16-9-14(10-16)6-13(8-18-14)17-12-4-3-5-15-7-12;2*3-2(4,5)1(6)7/h3-5,7,11,13H,6,8-10H2,1-2H3;2*(H,6,7). The number of halogens is 6. The number of ether oxygens (including phenoxy) is 1. The van der Waals surface area contributed by atoms with Crippen LogP contribution in [0.25, 0.3) is 0 Å². The van der Waals surface area contributed by atoms with Gasteiger partial charge in [0.2, 0.25) is 0 Å². The molecule has 2 saturated heterocycles. The molecule has 2 aliphatic rings. The maximum Gasteiger partial charge on any atom is 0.490 e. The maximum atomic E-state index is 10.6. The van der Waals surface area contributed by atoms with Crippen molar-refractivity contribution in [2.24, 2.45) is 0 Å². The highest BCUT2D eigenvalue weighted by Crippen LogP contribution is 2.46. The molecule has 1 unspecified atom stereocenters.